The SMILES string of the molecule is COCc1cc2c(s1)-c1ccccc1Cc1ccc(F)c(F)c1-2. The van der Waals surface area contributed by atoms with E-state index in [1.807, 2.05) is 30.3 Å². The molecule has 1 nitrogen and oxygen atoms in total. The lowest BCUT2D eigenvalue weighted by atomic mass is 9.98. The minimum Gasteiger partial charge on any atom is -0.379 e. The fourth-order valence-corrected chi connectivity index (χ4v) is 4.37. The number of halogens is 2. The Morgan fingerprint density at radius 3 is 2.70 bits per heavy atom. The number of rotatable bonds is 2. The van der Waals surface area contributed by atoms with E-state index < -0.39 is 11.6 Å². The Balaban J connectivity index is 2.06. The molecule has 1 aliphatic carbocycles. The molecule has 0 unspecified atom stereocenters. The van der Waals surface area contributed by atoms with E-state index in [0.29, 0.717) is 18.6 Å². The first-order chi connectivity index (χ1) is 11.2. The first-order valence-electron chi connectivity index (χ1n) is 7.36. The first-order valence-corrected chi connectivity index (χ1v) is 8.18. The van der Waals surface area contributed by atoms with Crippen molar-refractivity contribution in [2.45, 2.75) is 13.0 Å². The van der Waals surface area contributed by atoms with Gasteiger partial charge in [0.25, 0.3) is 0 Å². The molecule has 3 aromatic rings. The van der Waals surface area contributed by atoms with Crippen LogP contribution >= 0.6 is 11.3 Å². The molecule has 4 heteroatoms. The lowest BCUT2D eigenvalue weighted by molar-refractivity contribution is 0.187. The summed E-state index contributed by atoms with van der Waals surface area (Å²) in [4.78, 5) is 1.99. The highest BCUT2D eigenvalue weighted by atomic mass is 32.1. The molecule has 23 heavy (non-hydrogen) atoms. The van der Waals surface area contributed by atoms with Crippen molar-refractivity contribution in [1.82, 2.24) is 0 Å². The van der Waals surface area contributed by atoms with Gasteiger partial charge in [0.2, 0.25) is 0 Å². The summed E-state index contributed by atoms with van der Waals surface area (Å²) in [5.41, 5.74) is 4.18. The molecule has 2 aromatic carbocycles. The van der Waals surface area contributed by atoms with E-state index in [1.165, 1.54) is 6.07 Å². The van der Waals surface area contributed by atoms with Crippen LogP contribution in [0.5, 0.6) is 0 Å². The summed E-state index contributed by atoms with van der Waals surface area (Å²) < 4.78 is 33.6. The van der Waals surface area contributed by atoms with Crippen LogP contribution in [0.4, 0.5) is 8.78 Å². The number of ether oxygens (including phenoxy) is 1. The molecule has 0 radical (unpaired) electrons. The predicted molar refractivity (Wildman–Crippen MR) is 88.6 cm³/mol. The Bertz CT molecular complexity index is 898. The van der Waals surface area contributed by atoms with Crippen LogP contribution < -0.4 is 0 Å². The third kappa shape index (κ3) is 2.30. The molecule has 0 fully saturated rings. The van der Waals surface area contributed by atoms with Gasteiger partial charge in [0.05, 0.1) is 6.61 Å². The number of fused-ring (bicyclic) bond motifs is 5. The normalized spacial score (nSPS) is 12.3. The van der Waals surface area contributed by atoms with E-state index in [0.717, 1.165) is 32.0 Å². The second-order valence-electron chi connectivity index (χ2n) is 5.62. The van der Waals surface area contributed by atoms with E-state index in [-0.39, 0.29) is 0 Å². The third-order valence-electron chi connectivity index (χ3n) is 4.16. The lowest BCUT2D eigenvalue weighted by Crippen LogP contribution is -1.96. The van der Waals surface area contributed by atoms with Gasteiger partial charge in [-0.05, 0) is 35.2 Å². The summed E-state index contributed by atoms with van der Waals surface area (Å²) in [7, 11) is 1.63. The van der Waals surface area contributed by atoms with Crippen LogP contribution in [0.25, 0.3) is 21.6 Å². The lowest BCUT2D eigenvalue weighted by Gasteiger charge is -2.08. The van der Waals surface area contributed by atoms with Crippen molar-refractivity contribution in [1.29, 1.82) is 0 Å². The molecule has 0 amide bonds. The van der Waals surface area contributed by atoms with Gasteiger partial charge in [0.1, 0.15) is 0 Å². The van der Waals surface area contributed by atoms with Crippen molar-refractivity contribution in [3.63, 3.8) is 0 Å². The number of hydrogen-bond acceptors (Lipinski definition) is 2. The second kappa shape index (κ2) is 5.55. The van der Waals surface area contributed by atoms with E-state index in [9.17, 15) is 8.78 Å². The summed E-state index contributed by atoms with van der Waals surface area (Å²) in [5.74, 6) is -1.57. The van der Waals surface area contributed by atoms with Crippen LogP contribution in [0.1, 0.15) is 16.0 Å². The average molecular weight is 328 g/mol. The summed E-state index contributed by atoms with van der Waals surface area (Å²) >= 11 is 1.58. The predicted octanol–water partition coefficient (Wildman–Crippen LogP) is 5.41. The summed E-state index contributed by atoms with van der Waals surface area (Å²) in [5, 5.41) is 0. The zero-order valence-electron chi connectivity index (χ0n) is 12.5. The largest absolute Gasteiger partial charge is 0.379 e. The maximum atomic E-state index is 14.6. The van der Waals surface area contributed by atoms with Gasteiger partial charge in [0, 0.05) is 28.0 Å². The molecule has 4 rings (SSSR count). The third-order valence-corrected chi connectivity index (χ3v) is 5.30. The van der Waals surface area contributed by atoms with Crippen molar-refractivity contribution in [2.24, 2.45) is 0 Å². The molecule has 0 N–H and O–H groups in total. The van der Waals surface area contributed by atoms with E-state index >= 15 is 0 Å². The quantitative estimate of drug-likeness (QED) is 0.478. The molecule has 0 atom stereocenters. The zero-order chi connectivity index (χ0) is 16.0. The van der Waals surface area contributed by atoms with Gasteiger partial charge in [-0.25, -0.2) is 8.78 Å². The molecule has 1 heterocycles. The maximum Gasteiger partial charge on any atom is 0.166 e. The fraction of sp³-hybridized carbons (Fsp3) is 0.158. The van der Waals surface area contributed by atoms with Gasteiger partial charge >= 0.3 is 0 Å². The molecule has 0 aliphatic heterocycles. The molecular formula is C19H14F2OS. The number of benzene rings is 2. The van der Waals surface area contributed by atoms with Crippen LogP contribution in [-0.2, 0) is 17.8 Å². The molecular weight excluding hydrogens is 314 g/mol. The van der Waals surface area contributed by atoms with Gasteiger partial charge in [-0.1, -0.05) is 30.3 Å². The molecule has 1 aromatic heterocycles. The van der Waals surface area contributed by atoms with E-state index in [4.69, 9.17) is 4.74 Å². The van der Waals surface area contributed by atoms with Crippen LogP contribution in [0.15, 0.2) is 42.5 Å². The highest BCUT2D eigenvalue weighted by Gasteiger charge is 2.25. The Morgan fingerprint density at radius 2 is 1.87 bits per heavy atom. The Morgan fingerprint density at radius 1 is 1.04 bits per heavy atom. The van der Waals surface area contributed by atoms with Crippen LogP contribution in [0.3, 0.4) is 0 Å². The Kier molecular flexibility index (Phi) is 3.51. The standard InChI is InChI=1S/C19H14F2OS/c1-22-10-13-9-15-17-12(6-7-16(20)18(17)21)8-11-4-2-3-5-14(11)19(15)23-13/h2-7,9H,8,10H2,1H3. The second-order valence-corrected chi connectivity index (χ2v) is 6.75. The van der Waals surface area contributed by atoms with Gasteiger partial charge < -0.3 is 4.74 Å². The summed E-state index contributed by atoms with van der Waals surface area (Å²) in [6.07, 6.45) is 0.601. The minimum atomic E-state index is -0.805. The van der Waals surface area contributed by atoms with Gasteiger partial charge in [-0.3, -0.25) is 0 Å². The fourth-order valence-electron chi connectivity index (χ4n) is 3.17. The first kappa shape index (κ1) is 14.5. The van der Waals surface area contributed by atoms with Gasteiger partial charge in [-0.15, -0.1) is 11.3 Å². The van der Waals surface area contributed by atoms with E-state index in [1.54, 1.807) is 24.5 Å². The molecule has 0 spiro atoms. The van der Waals surface area contributed by atoms with Crippen molar-refractivity contribution in [3.05, 3.63) is 70.1 Å². The van der Waals surface area contributed by atoms with E-state index in [2.05, 4.69) is 0 Å². The number of thiophene rings is 1. The van der Waals surface area contributed by atoms with Crippen LogP contribution in [-0.4, -0.2) is 7.11 Å². The molecule has 0 bridgehead atoms. The van der Waals surface area contributed by atoms with Crippen LogP contribution in [0, 0.1) is 11.6 Å². The minimum absolute atomic E-state index is 0.384. The van der Waals surface area contributed by atoms with Crippen molar-refractivity contribution in [3.8, 4) is 21.6 Å². The van der Waals surface area contributed by atoms with Gasteiger partial charge in [0.15, 0.2) is 11.6 Å². The molecule has 1 aliphatic rings. The van der Waals surface area contributed by atoms with Gasteiger partial charge in [-0.2, -0.15) is 0 Å². The smallest absolute Gasteiger partial charge is 0.166 e. The summed E-state index contributed by atoms with van der Waals surface area (Å²) in [6.45, 7) is 0.464. The highest BCUT2D eigenvalue weighted by molar-refractivity contribution is 7.16. The maximum absolute atomic E-state index is 14.6. The summed E-state index contributed by atoms with van der Waals surface area (Å²) in [6, 6.07) is 12.9. The van der Waals surface area contributed by atoms with Crippen LogP contribution in [0.2, 0.25) is 0 Å². The van der Waals surface area contributed by atoms with Crippen molar-refractivity contribution < 1.29 is 13.5 Å². The molecule has 116 valence electrons. The van der Waals surface area contributed by atoms with Crippen molar-refractivity contribution >= 4 is 11.3 Å². The number of hydrogen-bond donors (Lipinski definition) is 0. The molecule has 0 saturated carbocycles. The monoisotopic (exact) mass is 328 g/mol. The highest BCUT2D eigenvalue weighted by Crippen LogP contribution is 2.46. The Labute approximate surface area is 137 Å². The molecule has 0 saturated heterocycles. The number of methoxy groups -OCH3 is 1. The average Bonchev–Trinajstić information content (AvgIpc) is 2.90. The Hall–Kier alpha value is -2.04. The topological polar surface area (TPSA) is 9.23 Å². The van der Waals surface area contributed by atoms with Crippen molar-refractivity contribution in [2.75, 3.05) is 7.11 Å². The zero-order valence-corrected chi connectivity index (χ0v) is 13.3.